The number of furan rings is 1. The predicted molar refractivity (Wildman–Crippen MR) is 77.9 cm³/mol. The highest BCUT2D eigenvalue weighted by molar-refractivity contribution is 5.97. The van der Waals surface area contributed by atoms with Crippen LogP contribution in [0.5, 0.6) is 0 Å². The molecule has 110 valence electrons. The second-order valence-corrected chi connectivity index (χ2v) is 4.78. The van der Waals surface area contributed by atoms with Crippen molar-refractivity contribution in [2.75, 3.05) is 0 Å². The fourth-order valence-corrected chi connectivity index (χ4v) is 2.22. The van der Waals surface area contributed by atoms with E-state index < -0.39 is 17.9 Å². The Labute approximate surface area is 126 Å². The molecule has 0 aliphatic heterocycles. The monoisotopic (exact) mass is 294 g/mol. The molecule has 0 fully saturated rings. The molecule has 0 spiro atoms. The highest BCUT2D eigenvalue weighted by Gasteiger charge is 2.19. The van der Waals surface area contributed by atoms with Gasteiger partial charge in [0, 0.05) is 5.39 Å². The molecular formula is C17H12NO4-. The molecule has 22 heavy (non-hydrogen) atoms. The Morgan fingerprint density at radius 2 is 1.68 bits per heavy atom. The summed E-state index contributed by atoms with van der Waals surface area (Å²) < 4.78 is 5.42. The lowest BCUT2D eigenvalue weighted by Gasteiger charge is -2.19. The van der Waals surface area contributed by atoms with Crippen molar-refractivity contribution in [2.45, 2.75) is 6.04 Å². The molecular weight excluding hydrogens is 282 g/mol. The Hall–Kier alpha value is -3.08. The summed E-state index contributed by atoms with van der Waals surface area (Å²) in [5.41, 5.74) is 1.00. The molecule has 1 amide bonds. The number of hydrogen-bond acceptors (Lipinski definition) is 4. The first-order chi connectivity index (χ1) is 10.6. The first-order valence-electron chi connectivity index (χ1n) is 6.70. The van der Waals surface area contributed by atoms with Gasteiger partial charge in [0.2, 0.25) is 0 Å². The van der Waals surface area contributed by atoms with Gasteiger partial charge in [-0.15, -0.1) is 0 Å². The third-order valence-electron chi connectivity index (χ3n) is 3.29. The lowest BCUT2D eigenvalue weighted by molar-refractivity contribution is -0.308. The van der Waals surface area contributed by atoms with E-state index in [0.717, 1.165) is 5.39 Å². The van der Waals surface area contributed by atoms with Crippen molar-refractivity contribution in [2.24, 2.45) is 0 Å². The predicted octanol–water partition coefficient (Wildman–Crippen LogP) is 1.65. The van der Waals surface area contributed by atoms with Crippen molar-refractivity contribution in [1.82, 2.24) is 5.32 Å². The highest BCUT2D eigenvalue weighted by Crippen LogP contribution is 2.20. The standard InChI is InChI=1S/C17H13NO4/c19-16(14-10-12-8-4-5-9-13(12)22-14)18-15(17(20)21)11-6-2-1-3-7-11/h1-10,15H,(H,18,19)(H,20,21)/p-1. The minimum Gasteiger partial charge on any atom is -0.548 e. The molecule has 3 aromatic rings. The second-order valence-electron chi connectivity index (χ2n) is 4.78. The van der Waals surface area contributed by atoms with Gasteiger partial charge in [-0.05, 0) is 17.7 Å². The first-order valence-corrected chi connectivity index (χ1v) is 6.70. The van der Waals surface area contributed by atoms with Crippen LogP contribution in [0.3, 0.4) is 0 Å². The molecule has 1 aromatic heterocycles. The van der Waals surface area contributed by atoms with Crippen LogP contribution in [-0.2, 0) is 4.79 Å². The van der Waals surface area contributed by atoms with Gasteiger partial charge in [-0.25, -0.2) is 0 Å². The largest absolute Gasteiger partial charge is 0.548 e. The maximum absolute atomic E-state index is 12.2. The number of rotatable bonds is 4. The molecule has 3 rings (SSSR count). The van der Waals surface area contributed by atoms with Crippen LogP contribution in [0, 0.1) is 0 Å². The summed E-state index contributed by atoms with van der Waals surface area (Å²) >= 11 is 0. The number of hydrogen-bond donors (Lipinski definition) is 1. The number of amides is 1. The van der Waals surface area contributed by atoms with Crippen LogP contribution in [0.25, 0.3) is 11.0 Å². The van der Waals surface area contributed by atoms with E-state index in [0.29, 0.717) is 11.1 Å². The second kappa shape index (κ2) is 5.73. The van der Waals surface area contributed by atoms with E-state index in [4.69, 9.17) is 4.42 Å². The number of carbonyl (C=O) groups is 2. The zero-order valence-electron chi connectivity index (χ0n) is 11.5. The topological polar surface area (TPSA) is 82.4 Å². The van der Waals surface area contributed by atoms with E-state index in [2.05, 4.69) is 5.32 Å². The zero-order valence-corrected chi connectivity index (χ0v) is 11.5. The van der Waals surface area contributed by atoms with Crippen molar-refractivity contribution in [3.8, 4) is 0 Å². The summed E-state index contributed by atoms with van der Waals surface area (Å²) in [6, 6.07) is 15.9. The molecule has 1 atom stereocenters. The van der Waals surface area contributed by atoms with E-state index in [1.54, 1.807) is 48.5 Å². The van der Waals surface area contributed by atoms with E-state index in [9.17, 15) is 14.7 Å². The van der Waals surface area contributed by atoms with Crippen LogP contribution in [0.2, 0.25) is 0 Å². The summed E-state index contributed by atoms with van der Waals surface area (Å²) in [5.74, 6) is -1.92. The number of para-hydroxylation sites is 1. The molecule has 0 bridgehead atoms. The average molecular weight is 294 g/mol. The van der Waals surface area contributed by atoms with Gasteiger partial charge < -0.3 is 19.6 Å². The molecule has 0 aliphatic carbocycles. The molecule has 0 saturated heterocycles. The fraction of sp³-hybridized carbons (Fsp3) is 0.0588. The Morgan fingerprint density at radius 3 is 2.36 bits per heavy atom. The average Bonchev–Trinajstić information content (AvgIpc) is 2.97. The van der Waals surface area contributed by atoms with Gasteiger partial charge in [0.1, 0.15) is 5.58 Å². The maximum atomic E-state index is 12.2. The summed E-state index contributed by atoms with van der Waals surface area (Å²) in [6.07, 6.45) is 0. The lowest BCUT2D eigenvalue weighted by Crippen LogP contribution is -2.41. The summed E-state index contributed by atoms with van der Waals surface area (Å²) in [4.78, 5) is 23.5. The molecule has 5 heteroatoms. The molecule has 0 saturated carbocycles. The Morgan fingerprint density at radius 1 is 1.00 bits per heavy atom. The van der Waals surface area contributed by atoms with Crippen LogP contribution in [0.15, 0.2) is 65.1 Å². The number of aliphatic carboxylic acids is 1. The Bertz CT molecular complexity index is 790. The van der Waals surface area contributed by atoms with E-state index in [1.165, 1.54) is 0 Å². The molecule has 0 aliphatic rings. The smallest absolute Gasteiger partial charge is 0.287 e. The lowest BCUT2D eigenvalue weighted by atomic mass is 10.1. The molecule has 1 heterocycles. The summed E-state index contributed by atoms with van der Waals surface area (Å²) in [7, 11) is 0. The van der Waals surface area contributed by atoms with E-state index >= 15 is 0 Å². The van der Waals surface area contributed by atoms with Gasteiger partial charge in [-0.3, -0.25) is 4.79 Å². The minimum atomic E-state index is -1.38. The maximum Gasteiger partial charge on any atom is 0.287 e. The van der Waals surface area contributed by atoms with Gasteiger partial charge in [-0.2, -0.15) is 0 Å². The van der Waals surface area contributed by atoms with E-state index in [-0.39, 0.29) is 5.76 Å². The third-order valence-corrected chi connectivity index (χ3v) is 3.29. The fourth-order valence-electron chi connectivity index (χ4n) is 2.22. The molecule has 0 radical (unpaired) electrons. The van der Waals surface area contributed by atoms with Crippen molar-refractivity contribution in [1.29, 1.82) is 0 Å². The minimum absolute atomic E-state index is 0.0587. The SMILES string of the molecule is O=C(NC(C(=O)[O-])c1ccccc1)c1cc2ccccc2o1. The summed E-state index contributed by atoms with van der Waals surface area (Å²) in [5, 5.41) is 14.5. The highest BCUT2D eigenvalue weighted by atomic mass is 16.4. The number of benzene rings is 2. The van der Waals surface area contributed by atoms with Gasteiger partial charge in [0.25, 0.3) is 5.91 Å². The van der Waals surface area contributed by atoms with Gasteiger partial charge >= 0.3 is 0 Å². The number of fused-ring (bicyclic) bond motifs is 1. The van der Waals surface area contributed by atoms with Gasteiger partial charge in [0.15, 0.2) is 5.76 Å². The molecule has 5 nitrogen and oxygen atoms in total. The van der Waals surface area contributed by atoms with Gasteiger partial charge in [0.05, 0.1) is 12.0 Å². The Balaban J connectivity index is 1.86. The number of carboxylic acids is 1. The zero-order chi connectivity index (χ0) is 15.5. The van der Waals surface area contributed by atoms with Crippen molar-refractivity contribution in [3.63, 3.8) is 0 Å². The first kappa shape index (κ1) is 13.9. The van der Waals surface area contributed by atoms with Crippen LogP contribution in [0.4, 0.5) is 0 Å². The molecule has 1 N–H and O–H groups in total. The molecule has 1 unspecified atom stereocenters. The number of nitrogens with one attached hydrogen (secondary N) is 1. The summed E-state index contributed by atoms with van der Waals surface area (Å²) in [6.45, 7) is 0. The van der Waals surface area contributed by atoms with Crippen molar-refractivity contribution >= 4 is 22.8 Å². The van der Waals surface area contributed by atoms with Crippen LogP contribution in [-0.4, -0.2) is 11.9 Å². The van der Waals surface area contributed by atoms with Crippen LogP contribution >= 0.6 is 0 Å². The molecule has 2 aromatic carbocycles. The third kappa shape index (κ3) is 2.69. The quantitative estimate of drug-likeness (QED) is 0.793. The number of carbonyl (C=O) groups excluding carboxylic acids is 2. The van der Waals surface area contributed by atoms with Crippen molar-refractivity contribution < 1.29 is 19.1 Å². The number of carboxylic acid groups (broad SMARTS) is 1. The van der Waals surface area contributed by atoms with Gasteiger partial charge in [-0.1, -0.05) is 48.5 Å². The van der Waals surface area contributed by atoms with Crippen LogP contribution in [0.1, 0.15) is 22.2 Å². The van der Waals surface area contributed by atoms with Crippen LogP contribution < -0.4 is 10.4 Å². The Kier molecular flexibility index (Phi) is 3.62. The van der Waals surface area contributed by atoms with Crippen molar-refractivity contribution in [3.05, 3.63) is 72.0 Å². The van der Waals surface area contributed by atoms with E-state index in [1.807, 2.05) is 12.1 Å². The normalized spacial score (nSPS) is 12.0.